The molecule has 2 bridgehead atoms. The molecule has 2 fully saturated rings. The number of amides is 1. The zero-order chi connectivity index (χ0) is 17.1. The summed E-state index contributed by atoms with van der Waals surface area (Å²) in [5.74, 6) is 1.64. The number of carbonyl (C=O) groups is 1. The van der Waals surface area contributed by atoms with Crippen LogP contribution in [0, 0.1) is 0 Å². The summed E-state index contributed by atoms with van der Waals surface area (Å²) >= 11 is 0. The van der Waals surface area contributed by atoms with Crippen LogP contribution < -0.4 is 10.6 Å². The summed E-state index contributed by atoms with van der Waals surface area (Å²) in [6.07, 6.45) is 8.40. The topological polar surface area (TPSA) is 67.2 Å². The maximum Gasteiger partial charge on any atom is 0.220 e. The molecule has 0 aliphatic carbocycles. The van der Waals surface area contributed by atoms with Gasteiger partial charge >= 0.3 is 0 Å². The number of nitrogens with one attached hydrogen (secondary N) is 2. The van der Waals surface area contributed by atoms with Gasteiger partial charge in [0.05, 0.1) is 6.20 Å². The predicted molar refractivity (Wildman–Crippen MR) is 96.0 cm³/mol. The Morgan fingerprint density at radius 3 is 2.72 bits per heavy atom. The second kappa shape index (κ2) is 7.40. The molecule has 1 amide bonds. The van der Waals surface area contributed by atoms with Crippen LogP contribution in [0.25, 0.3) is 11.3 Å². The average molecular weight is 339 g/mol. The lowest BCUT2D eigenvalue weighted by atomic mass is 9.99. The first kappa shape index (κ1) is 16.3. The largest absolute Gasteiger partial charge is 0.441 e. The summed E-state index contributed by atoms with van der Waals surface area (Å²) in [6, 6.07) is 11.5. The lowest BCUT2D eigenvalue weighted by Crippen LogP contribution is -2.48. The molecule has 0 saturated carbocycles. The normalized spacial score (nSPS) is 25.0. The van der Waals surface area contributed by atoms with Crippen molar-refractivity contribution in [2.45, 2.75) is 63.1 Å². The van der Waals surface area contributed by atoms with Gasteiger partial charge in [0.1, 0.15) is 0 Å². The molecule has 3 heterocycles. The quantitative estimate of drug-likeness (QED) is 0.849. The zero-order valence-corrected chi connectivity index (χ0v) is 14.4. The van der Waals surface area contributed by atoms with Gasteiger partial charge in [0.2, 0.25) is 5.91 Å². The second-order valence-corrected chi connectivity index (χ2v) is 7.21. The number of nitrogens with zero attached hydrogens (tertiary/aromatic N) is 1. The lowest BCUT2D eigenvalue weighted by Gasteiger charge is -2.29. The minimum absolute atomic E-state index is 0.154. The molecule has 1 aromatic carbocycles. The van der Waals surface area contributed by atoms with Crippen LogP contribution in [0.15, 0.2) is 40.9 Å². The van der Waals surface area contributed by atoms with E-state index in [0.717, 1.165) is 30.6 Å². The number of aryl methyl sites for hydroxylation is 1. The van der Waals surface area contributed by atoms with Gasteiger partial charge < -0.3 is 15.1 Å². The van der Waals surface area contributed by atoms with E-state index in [1.165, 1.54) is 12.8 Å². The number of hydrogen-bond donors (Lipinski definition) is 2. The molecule has 2 saturated heterocycles. The summed E-state index contributed by atoms with van der Waals surface area (Å²) in [5, 5.41) is 6.81. The van der Waals surface area contributed by atoms with Crippen LogP contribution >= 0.6 is 0 Å². The van der Waals surface area contributed by atoms with E-state index in [4.69, 9.17) is 4.42 Å². The van der Waals surface area contributed by atoms with Crippen molar-refractivity contribution < 1.29 is 9.21 Å². The SMILES string of the molecule is O=C(CCCc1ncc(-c2ccccc2)o1)NC1CC2CCC(C1)N2. The molecule has 5 heteroatoms. The summed E-state index contributed by atoms with van der Waals surface area (Å²) < 4.78 is 5.79. The van der Waals surface area contributed by atoms with E-state index in [2.05, 4.69) is 15.6 Å². The molecule has 132 valence electrons. The minimum atomic E-state index is 0.154. The third-order valence-corrected chi connectivity index (χ3v) is 5.24. The number of hydrogen-bond acceptors (Lipinski definition) is 4. The molecule has 0 spiro atoms. The number of oxazole rings is 1. The van der Waals surface area contributed by atoms with Gasteiger partial charge in [0.15, 0.2) is 11.7 Å². The first-order valence-electron chi connectivity index (χ1n) is 9.32. The maximum atomic E-state index is 12.2. The van der Waals surface area contributed by atoms with Crippen molar-refractivity contribution in [2.24, 2.45) is 0 Å². The Morgan fingerprint density at radius 1 is 1.20 bits per heavy atom. The van der Waals surface area contributed by atoms with E-state index >= 15 is 0 Å². The Bertz CT molecular complexity index is 701. The van der Waals surface area contributed by atoms with Gasteiger partial charge in [-0.2, -0.15) is 0 Å². The van der Waals surface area contributed by atoms with E-state index in [9.17, 15) is 4.79 Å². The van der Waals surface area contributed by atoms with Crippen LogP contribution in [-0.4, -0.2) is 29.0 Å². The molecule has 2 N–H and O–H groups in total. The van der Waals surface area contributed by atoms with Crippen LogP contribution in [0.4, 0.5) is 0 Å². The summed E-state index contributed by atoms with van der Waals surface area (Å²) in [4.78, 5) is 16.5. The highest BCUT2D eigenvalue weighted by Crippen LogP contribution is 2.27. The Kier molecular flexibility index (Phi) is 4.83. The third-order valence-electron chi connectivity index (χ3n) is 5.24. The molecule has 1 aromatic heterocycles. The Hall–Kier alpha value is -2.14. The fourth-order valence-corrected chi connectivity index (χ4v) is 4.04. The standard InChI is InChI=1S/C20H25N3O2/c24-19(23-17-11-15-9-10-16(12-17)22-15)7-4-8-20-21-13-18(25-20)14-5-2-1-3-6-14/h1-3,5-6,13,15-17,22H,4,7-12H2,(H,23,24). The van der Waals surface area contributed by atoms with Crippen molar-refractivity contribution in [3.05, 3.63) is 42.4 Å². The Morgan fingerprint density at radius 2 is 1.96 bits per heavy atom. The highest BCUT2D eigenvalue weighted by atomic mass is 16.4. The van der Waals surface area contributed by atoms with E-state index in [-0.39, 0.29) is 5.91 Å². The van der Waals surface area contributed by atoms with Crippen molar-refractivity contribution in [1.29, 1.82) is 0 Å². The van der Waals surface area contributed by atoms with Crippen molar-refractivity contribution >= 4 is 5.91 Å². The van der Waals surface area contributed by atoms with E-state index < -0.39 is 0 Å². The first-order chi connectivity index (χ1) is 12.3. The number of aromatic nitrogens is 1. The van der Waals surface area contributed by atoms with Gasteiger partial charge in [-0.05, 0) is 32.1 Å². The molecule has 0 radical (unpaired) electrons. The van der Waals surface area contributed by atoms with Gasteiger partial charge in [-0.1, -0.05) is 30.3 Å². The van der Waals surface area contributed by atoms with Gasteiger partial charge in [-0.3, -0.25) is 4.79 Å². The zero-order valence-electron chi connectivity index (χ0n) is 14.4. The van der Waals surface area contributed by atoms with Crippen LogP contribution in [0.5, 0.6) is 0 Å². The molecule has 2 aliphatic heterocycles. The fraction of sp³-hybridized carbons (Fsp3) is 0.500. The summed E-state index contributed by atoms with van der Waals surface area (Å²) in [6.45, 7) is 0. The molecule has 2 atom stereocenters. The van der Waals surface area contributed by atoms with Crippen LogP contribution in [0.3, 0.4) is 0 Å². The highest BCUT2D eigenvalue weighted by Gasteiger charge is 2.33. The van der Waals surface area contributed by atoms with Gasteiger partial charge in [0, 0.05) is 36.5 Å². The van der Waals surface area contributed by atoms with Crippen LogP contribution in [-0.2, 0) is 11.2 Å². The van der Waals surface area contributed by atoms with Gasteiger partial charge in [-0.25, -0.2) is 4.98 Å². The summed E-state index contributed by atoms with van der Waals surface area (Å²) in [5.41, 5.74) is 1.03. The number of piperidine rings is 1. The highest BCUT2D eigenvalue weighted by molar-refractivity contribution is 5.76. The van der Waals surface area contributed by atoms with Crippen molar-refractivity contribution in [3.8, 4) is 11.3 Å². The molecule has 5 nitrogen and oxygen atoms in total. The Labute approximate surface area is 148 Å². The van der Waals surface area contributed by atoms with Crippen LogP contribution in [0.1, 0.15) is 44.4 Å². The molecule has 2 aromatic rings. The fourth-order valence-electron chi connectivity index (χ4n) is 4.04. The minimum Gasteiger partial charge on any atom is -0.441 e. The third kappa shape index (κ3) is 4.10. The first-order valence-corrected chi connectivity index (χ1v) is 9.32. The van der Waals surface area contributed by atoms with Gasteiger partial charge in [0.25, 0.3) is 0 Å². The smallest absolute Gasteiger partial charge is 0.220 e. The molecular weight excluding hydrogens is 314 g/mol. The molecule has 2 aliphatic rings. The van der Waals surface area contributed by atoms with Crippen LogP contribution in [0.2, 0.25) is 0 Å². The number of rotatable bonds is 6. The number of carbonyl (C=O) groups excluding carboxylic acids is 1. The van der Waals surface area contributed by atoms with Gasteiger partial charge in [-0.15, -0.1) is 0 Å². The molecular formula is C20H25N3O2. The predicted octanol–water partition coefficient (Wildman–Crippen LogP) is 3.06. The second-order valence-electron chi connectivity index (χ2n) is 7.21. The number of fused-ring (bicyclic) bond motifs is 2. The average Bonchev–Trinajstić information content (AvgIpc) is 3.22. The monoisotopic (exact) mass is 339 g/mol. The summed E-state index contributed by atoms with van der Waals surface area (Å²) in [7, 11) is 0. The van der Waals surface area contributed by atoms with E-state index in [1.807, 2.05) is 30.3 Å². The number of benzene rings is 1. The van der Waals surface area contributed by atoms with E-state index in [0.29, 0.717) is 36.9 Å². The van der Waals surface area contributed by atoms with Crippen molar-refractivity contribution in [2.75, 3.05) is 0 Å². The Balaban J connectivity index is 1.21. The van der Waals surface area contributed by atoms with Crippen molar-refractivity contribution in [3.63, 3.8) is 0 Å². The molecule has 2 unspecified atom stereocenters. The lowest BCUT2D eigenvalue weighted by molar-refractivity contribution is -0.122. The van der Waals surface area contributed by atoms with Crippen molar-refractivity contribution in [1.82, 2.24) is 15.6 Å². The molecule has 4 rings (SSSR count). The van der Waals surface area contributed by atoms with E-state index in [1.54, 1.807) is 6.20 Å². The maximum absolute atomic E-state index is 12.2. The molecule has 25 heavy (non-hydrogen) atoms.